The van der Waals surface area contributed by atoms with Crippen molar-refractivity contribution in [3.8, 4) is 0 Å². The fourth-order valence-corrected chi connectivity index (χ4v) is 4.45. The Labute approximate surface area is 159 Å². The first-order valence-electron chi connectivity index (χ1n) is 8.97. The van der Waals surface area contributed by atoms with Gasteiger partial charge < -0.3 is 4.57 Å². The minimum Gasteiger partial charge on any atom is -0.317 e. The minimum atomic E-state index is -3.39. The lowest BCUT2D eigenvalue weighted by Gasteiger charge is -2.33. The molecule has 0 aliphatic carbocycles. The first-order valence-corrected chi connectivity index (χ1v) is 10.5. The zero-order valence-corrected chi connectivity index (χ0v) is 15.8. The zero-order chi connectivity index (χ0) is 18.7. The summed E-state index contributed by atoms with van der Waals surface area (Å²) in [6.07, 6.45) is 3.50. The van der Waals surface area contributed by atoms with Crippen LogP contribution in [0, 0.1) is 0 Å². The van der Waals surface area contributed by atoms with Crippen LogP contribution in [0.5, 0.6) is 0 Å². The summed E-state index contributed by atoms with van der Waals surface area (Å²) in [6.45, 7) is 3.10. The Kier molecular flexibility index (Phi) is 5.07. The van der Waals surface area contributed by atoms with Crippen molar-refractivity contribution in [2.24, 2.45) is 0 Å². The molecule has 0 radical (unpaired) electrons. The van der Waals surface area contributed by atoms with Crippen LogP contribution in [0.4, 0.5) is 0 Å². The molecule has 2 heterocycles. The molecule has 0 N–H and O–H groups in total. The summed E-state index contributed by atoms with van der Waals surface area (Å²) in [5.74, 6) is 0. The Morgan fingerprint density at radius 1 is 0.926 bits per heavy atom. The maximum Gasteiger partial charge on any atom is 0.236 e. The van der Waals surface area contributed by atoms with E-state index in [-0.39, 0.29) is 0 Å². The highest BCUT2D eigenvalue weighted by molar-refractivity contribution is 7.92. The Morgan fingerprint density at radius 3 is 2.41 bits per heavy atom. The Balaban J connectivity index is 1.37. The monoisotopic (exact) mass is 382 g/mol. The summed E-state index contributed by atoms with van der Waals surface area (Å²) >= 11 is 0. The second-order valence-corrected chi connectivity index (χ2v) is 8.44. The van der Waals surface area contributed by atoms with Crippen molar-refractivity contribution in [3.63, 3.8) is 0 Å². The second-order valence-electron chi connectivity index (χ2n) is 6.62. The molecule has 6 nitrogen and oxygen atoms in total. The quantitative estimate of drug-likeness (QED) is 0.681. The van der Waals surface area contributed by atoms with Crippen molar-refractivity contribution in [2.45, 2.75) is 6.67 Å². The van der Waals surface area contributed by atoms with E-state index in [1.165, 1.54) is 5.41 Å². The molecule has 0 unspecified atom stereocenters. The normalized spacial score (nSPS) is 17.0. The summed E-state index contributed by atoms with van der Waals surface area (Å²) in [6, 6.07) is 17.5. The molecule has 3 aromatic rings. The number of benzene rings is 2. The third-order valence-electron chi connectivity index (χ3n) is 4.80. The molecule has 0 saturated carbocycles. The molecule has 1 aliphatic heterocycles. The van der Waals surface area contributed by atoms with Crippen LogP contribution in [0.25, 0.3) is 17.1 Å². The number of rotatable bonds is 5. The number of piperazine rings is 1. The van der Waals surface area contributed by atoms with Gasteiger partial charge in [-0.3, -0.25) is 4.90 Å². The predicted octanol–water partition coefficient (Wildman–Crippen LogP) is 2.61. The van der Waals surface area contributed by atoms with Gasteiger partial charge in [0.05, 0.1) is 24.0 Å². The van der Waals surface area contributed by atoms with Crippen LogP contribution in [0.2, 0.25) is 0 Å². The van der Waals surface area contributed by atoms with Gasteiger partial charge in [0.1, 0.15) is 0 Å². The van der Waals surface area contributed by atoms with E-state index >= 15 is 0 Å². The number of hydrogen-bond acceptors (Lipinski definition) is 4. The van der Waals surface area contributed by atoms with Crippen molar-refractivity contribution < 1.29 is 8.42 Å². The molecule has 0 amide bonds. The van der Waals surface area contributed by atoms with E-state index in [0.29, 0.717) is 32.8 Å². The van der Waals surface area contributed by atoms with Crippen LogP contribution >= 0.6 is 0 Å². The lowest BCUT2D eigenvalue weighted by atomic mass is 10.2. The van der Waals surface area contributed by atoms with Crippen LogP contribution in [0.3, 0.4) is 0 Å². The van der Waals surface area contributed by atoms with E-state index < -0.39 is 10.0 Å². The molecular formula is C20H22N4O2S. The lowest BCUT2D eigenvalue weighted by molar-refractivity contribution is 0.155. The topological polar surface area (TPSA) is 58.4 Å². The Bertz CT molecular complexity index is 1040. The van der Waals surface area contributed by atoms with E-state index in [1.807, 2.05) is 54.9 Å². The molecular weight excluding hydrogens is 360 g/mol. The summed E-state index contributed by atoms with van der Waals surface area (Å²) in [7, 11) is -3.39. The van der Waals surface area contributed by atoms with E-state index in [0.717, 1.165) is 16.6 Å². The van der Waals surface area contributed by atoms with Gasteiger partial charge in [-0.05, 0) is 23.8 Å². The second kappa shape index (κ2) is 7.64. The van der Waals surface area contributed by atoms with Gasteiger partial charge in [-0.1, -0.05) is 42.5 Å². The fourth-order valence-electron chi connectivity index (χ4n) is 3.28. The third kappa shape index (κ3) is 4.10. The maximum atomic E-state index is 12.6. The van der Waals surface area contributed by atoms with Gasteiger partial charge in [-0.25, -0.2) is 13.4 Å². The minimum absolute atomic E-state index is 0.494. The first kappa shape index (κ1) is 17.9. The van der Waals surface area contributed by atoms with Crippen LogP contribution < -0.4 is 0 Å². The zero-order valence-electron chi connectivity index (χ0n) is 15.0. The smallest absolute Gasteiger partial charge is 0.236 e. The number of hydrogen-bond donors (Lipinski definition) is 0. The van der Waals surface area contributed by atoms with Crippen LogP contribution in [-0.4, -0.2) is 53.4 Å². The van der Waals surface area contributed by atoms with Crippen LogP contribution in [0.1, 0.15) is 5.56 Å². The highest BCUT2D eigenvalue weighted by Gasteiger charge is 2.25. The summed E-state index contributed by atoms with van der Waals surface area (Å²) in [4.78, 5) is 6.66. The molecule has 27 heavy (non-hydrogen) atoms. The Morgan fingerprint density at radius 2 is 1.63 bits per heavy atom. The maximum absolute atomic E-state index is 12.6. The van der Waals surface area contributed by atoms with Gasteiger partial charge in [0.2, 0.25) is 10.0 Å². The van der Waals surface area contributed by atoms with Crippen molar-refractivity contribution >= 4 is 27.1 Å². The highest BCUT2D eigenvalue weighted by Crippen LogP contribution is 2.15. The van der Waals surface area contributed by atoms with Crippen molar-refractivity contribution in [1.29, 1.82) is 0 Å². The van der Waals surface area contributed by atoms with Crippen molar-refractivity contribution in [1.82, 2.24) is 18.8 Å². The van der Waals surface area contributed by atoms with Gasteiger partial charge in [-0.2, -0.15) is 4.31 Å². The van der Waals surface area contributed by atoms with Gasteiger partial charge in [-0.15, -0.1) is 0 Å². The number of aromatic nitrogens is 2. The van der Waals surface area contributed by atoms with Crippen LogP contribution in [-0.2, 0) is 16.7 Å². The first-order chi connectivity index (χ1) is 13.1. The summed E-state index contributed by atoms with van der Waals surface area (Å²) in [5, 5.41) is 1.31. The summed E-state index contributed by atoms with van der Waals surface area (Å²) < 4.78 is 28.8. The summed E-state index contributed by atoms with van der Waals surface area (Å²) in [5.41, 5.74) is 2.95. The number of nitrogens with zero attached hydrogens (tertiary/aromatic N) is 4. The number of imidazole rings is 1. The van der Waals surface area contributed by atoms with Crippen molar-refractivity contribution in [2.75, 3.05) is 26.2 Å². The molecule has 0 spiro atoms. The molecule has 4 rings (SSSR count). The molecule has 1 aromatic heterocycles. The molecule has 1 aliphatic rings. The Hall–Kier alpha value is -2.48. The average molecular weight is 382 g/mol. The van der Waals surface area contributed by atoms with E-state index in [1.54, 1.807) is 10.4 Å². The SMILES string of the molecule is O=S(=O)(/C=C/c1ccccc1)N1CCN(Cn2cnc3ccccc32)CC1. The molecule has 1 fully saturated rings. The molecule has 2 aromatic carbocycles. The van der Waals surface area contributed by atoms with Gasteiger partial charge in [0.25, 0.3) is 0 Å². The van der Waals surface area contributed by atoms with Gasteiger partial charge in [0, 0.05) is 31.6 Å². The van der Waals surface area contributed by atoms with Gasteiger partial charge >= 0.3 is 0 Å². The van der Waals surface area contributed by atoms with E-state index in [9.17, 15) is 8.42 Å². The predicted molar refractivity (Wildman–Crippen MR) is 107 cm³/mol. The molecule has 0 atom stereocenters. The number of sulfonamides is 1. The fraction of sp³-hybridized carbons (Fsp3) is 0.250. The molecule has 1 saturated heterocycles. The molecule has 140 valence electrons. The highest BCUT2D eigenvalue weighted by atomic mass is 32.2. The third-order valence-corrected chi connectivity index (χ3v) is 6.37. The van der Waals surface area contributed by atoms with E-state index in [4.69, 9.17) is 0 Å². The van der Waals surface area contributed by atoms with E-state index in [2.05, 4.69) is 20.5 Å². The number of para-hydroxylation sites is 2. The average Bonchev–Trinajstić information content (AvgIpc) is 3.11. The largest absolute Gasteiger partial charge is 0.317 e. The number of fused-ring (bicyclic) bond motifs is 1. The van der Waals surface area contributed by atoms with Gasteiger partial charge in [0.15, 0.2) is 0 Å². The molecule has 0 bridgehead atoms. The lowest BCUT2D eigenvalue weighted by Crippen LogP contribution is -2.48. The van der Waals surface area contributed by atoms with Crippen LogP contribution in [0.15, 0.2) is 66.3 Å². The van der Waals surface area contributed by atoms with Crippen molar-refractivity contribution in [3.05, 3.63) is 71.9 Å². The molecule has 7 heteroatoms. The standard InChI is InChI=1S/C20H22N4O2S/c25-27(26,15-10-18-6-2-1-3-7-18)24-13-11-22(12-14-24)17-23-16-21-19-8-4-5-9-20(19)23/h1-10,15-16H,11-14,17H2/b15-10+.